The predicted molar refractivity (Wildman–Crippen MR) is 56.5 cm³/mol. The van der Waals surface area contributed by atoms with Gasteiger partial charge in [-0.1, -0.05) is 20.8 Å². The summed E-state index contributed by atoms with van der Waals surface area (Å²) in [7, 11) is 0. The fourth-order valence-corrected chi connectivity index (χ4v) is 1.88. The highest BCUT2D eigenvalue weighted by atomic mass is 16.1. The summed E-state index contributed by atoms with van der Waals surface area (Å²) >= 11 is 0. The zero-order chi connectivity index (χ0) is 10.9. The Hall–Kier alpha value is -0.370. The molecule has 78 valence electrons. The molecule has 1 unspecified atom stereocenters. The molecule has 0 amide bonds. The van der Waals surface area contributed by atoms with Gasteiger partial charge >= 0.3 is 0 Å². The highest BCUT2D eigenvalue weighted by Crippen LogP contribution is 2.34. The van der Waals surface area contributed by atoms with Crippen molar-refractivity contribution >= 4 is 5.78 Å². The second-order valence-electron chi connectivity index (χ2n) is 5.49. The van der Waals surface area contributed by atoms with Crippen LogP contribution in [0.3, 0.4) is 0 Å². The maximum absolute atomic E-state index is 11.2. The third-order valence-corrected chi connectivity index (χ3v) is 2.69. The van der Waals surface area contributed by atoms with Gasteiger partial charge in [0.25, 0.3) is 0 Å². The zero-order valence-corrected chi connectivity index (χ0v) is 9.77. The van der Waals surface area contributed by atoms with Gasteiger partial charge in [0.2, 0.25) is 0 Å². The van der Waals surface area contributed by atoms with E-state index < -0.39 is 0 Å². The lowest BCUT2D eigenvalue weighted by molar-refractivity contribution is -0.123. The number of Topliss-reactive ketones (excluding diaryl/α,β-unsaturated/α-hetero) is 1. The highest BCUT2D eigenvalue weighted by Gasteiger charge is 2.33. The van der Waals surface area contributed by atoms with Crippen LogP contribution in [-0.2, 0) is 4.79 Å². The molecule has 2 N–H and O–H groups in total. The van der Waals surface area contributed by atoms with E-state index in [-0.39, 0.29) is 22.7 Å². The molecule has 0 saturated heterocycles. The fourth-order valence-electron chi connectivity index (χ4n) is 1.88. The molecular weight excluding hydrogens is 162 g/mol. The van der Waals surface area contributed by atoms with Crippen molar-refractivity contribution in [3.05, 3.63) is 0 Å². The van der Waals surface area contributed by atoms with Crippen LogP contribution < -0.4 is 5.73 Å². The van der Waals surface area contributed by atoms with Gasteiger partial charge in [-0.25, -0.2) is 0 Å². The number of hydrogen-bond acceptors (Lipinski definition) is 2. The molecule has 0 saturated carbocycles. The van der Waals surface area contributed by atoms with Gasteiger partial charge in [0.05, 0.1) is 0 Å². The minimum atomic E-state index is -0.201. The molecule has 2 heteroatoms. The molecule has 0 rings (SSSR count). The van der Waals surface area contributed by atoms with Crippen molar-refractivity contribution in [1.82, 2.24) is 0 Å². The van der Waals surface area contributed by atoms with E-state index in [1.807, 2.05) is 20.8 Å². The van der Waals surface area contributed by atoms with Gasteiger partial charge in [0.15, 0.2) is 0 Å². The monoisotopic (exact) mass is 185 g/mol. The van der Waals surface area contributed by atoms with Crippen molar-refractivity contribution in [3.63, 3.8) is 0 Å². The van der Waals surface area contributed by atoms with E-state index in [0.29, 0.717) is 0 Å². The lowest BCUT2D eigenvalue weighted by Crippen LogP contribution is -2.41. The first kappa shape index (κ1) is 12.6. The molecule has 0 aliphatic carbocycles. The van der Waals surface area contributed by atoms with E-state index >= 15 is 0 Å². The molecule has 0 aliphatic heterocycles. The van der Waals surface area contributed by atoms with Gasteiger partial charge in [-0.15, -0.1) is 0 Å². The van der Waals surface area contributed by atoms with Crippen molar-refractivity contribution < 1.29 is 4.79 Å². The van der Waals surface area contributed by atoms with E-state index in [2.05, 4.69) is 13.8 Å². The Bertz CT molecular complexity index is 189. The molecule has 0 aromatic heterocycles. The minimum absolute atomic E-state index is 0.00984. The molecule has 0 aromatic rings. The lowest BCUT2D eigenvalue weighted by atomic mass is 9.71. The van der Waals surface area contributed by atoms with Crippen molar-refractivity contribution in [3.8, 4) is 0 Å². The van der Waals surface area contributed by atoms with E-state index in [9.17, 15) is 4.79 Å². The number of ketones is 1. The molecule has 1 atom stereocenters. The van der Waals surface area contributed by atoms with E-state index in [1.54, 1.807) is 6.92 Å². The molecule has 0 fully saturated rings. The average Bonchev–Trinajstić information content (AvgIpc) is 1.80. The maximum Gasteiger partial charge on any atom is 0.133 e. The fraction of sp³-hybridized carbons (Fsp3) is 0.909. The van der Waals surface area contributed by atoms with Gasteiger partial charge in [-0.05, 0) is 32.6 Å². The molecular formula is C11H23NO. The minimum Gasteiger partial charge on any atom is -0.326 e. The zero-order valence-electron chi connectivity index (χ0n) is 9.77. The van der Waals surface area contributed by atoms with Crippen LogP contribution in [0.25, 0.3) is 0 Å². The second kappa shape index (κ2) is 3.79. The van der Waals surface area contributed by atoms with E-state index in [1.165, 1.54) is 0 Å². The smallest absolute Gasteiger partial charge is 0.133 e. The summed E-state index contributed by atoms with van der Waals surface area (Å²) in [4.78, 5) is 11.2. The Morgan fingerprint density at radius 3 is 1.92 bits per heavy atom. The summed E-state index contributed by atoms with van der Waals surface area (Å²) in [5.41, 5.74) is 5.74. The number of rotatable bonds is 4. The topological polar surface area (TPSA) is 43.1 Å². The summed E-state index contributed by atoms with van der Waals surface area (Å²) in [6, 6.07) is 0. The summed E-state index contributed by atoms with van der Waals surface area (Å²) in [6.45, 7) is 11.8. The van der Waals surface area contributed by atoms with Gasteiger partial charge in [-0.2, -0.15) is 0 Å². The SMILES string of the molecule is CC(=O)C(C)C(C)(C)CC(C)(C)N. The average molecular weight is 185 g/mol. The molecule has 0 radical (unpaired) electrons. The van der Waals surface area contributed by atoms with E-state index in [0.717, 1.165) is 6.42 Å². The standard InChI is InChI=1S/C11H23NO/c1-8(9(2)13)10(3,4)7-11(5,6)12/h8H,7,12H2,1-6H3. The second-order valence-corrected chi connectivity index (χ2v) is 5.49. The maximum atomic E-state index is 11.2. The molecule has 0 aromatic carbocycles. The van der Waals surface area contributed by atoms with Crippen molar-refractivity contribution in [1.29, 1.82) is 0 Å². The Kier molecular flexibility index (Phi) is 3.68. The van der Waals surface area contributed by atoms with Gasteiger partial charge in [0.1, 0.15) is 5.78 Å². The van der Waals surface area contributed by atoms with Crippen molar-refractivity contribution in [2.75, 3.05) is 0 Å². The third kappa shape index (κ3) is 4.41. The number of nitrogens with two attached hydrogens (primary N) is 1. The summed E-state index contributed by atoms with van der Waals surface area (Å²) in [5, 5.41) is 0. The largest absolute Gasteiger partial charge is 0.326 e. The molecule has 13 heavy (non-hydrogen) atoms. The van der Waals surface area contributed by atoms with Gasteiger partial charge in [-0.3, -0.25) is 4.79 Å². The van der Waals surface area contributed by atoms with Crippen LogP contribution in [-0.4, -0.2) is 11.3 Å². The van der Waals surface area contributed by atoms with Crippen LogP contribution in [0.2, 0.25) is 0 Å². The van der Waals surface area contributed by atoms with Crippen LogP contribution in [0.1, 0.15) is 48.0 Å². The Labute approximate surface area is 81.9 Å². The first-order valence-corrected chi connectivity index (χ1v) is 4.85. The quantitative estimate of drug-likeness (QED) is 0.730. The summed E-state index contributed by atoms with van der Waals surface area (Å²) < 4.78 is 0. The van der Waals surface area contributed by atoms with E-state index in [4.69, 9.17) is 5.73 Å². The molecule has 0 bridgehead atoms. The first-order chi connectivity index (χ1) is 5.56. The number of carbonyl (C=O) groups is 1. The summed E-state index contributed by atoms with van der Waals surface area (Å²) in [5.74, 6) is 0.324. The third-order valence-electron chi connectivity index (χ3n) is 2.69. The van der Waals surface area contributed by atoms with Gasteiger partial charge < -0.3 is 5.73 Å². The van der Waals surface area contributed by atoms with Crippen LogP contribution in [0.15, 0.2) is 0 Å². The molecule has 0 heterocycles. The predicted octanol–water partition coefficient (Wildman–Crippen LogP) is 2.37. The number of hydrogen-bond donors (Lipinski definition) is 1. The lowest BCUT2D eigenvalue weighted by Gasteiger charge is -2.36. The Morgan fingerprint density at radius 1 is 1.31 bits per heavy atom. The molecule has 2 nitrogen and oxygen atoms in total. The van der Waals surface area contributed by atoms with Crippen molar-refractivity contribution in [2.45, 2.75) is 53.5 Å². The Balaban J connectivity index is 4.48. The normalized spacial score (nSPS) is 15.6. The first-order valence-electron chi connectivity index (χ1n) is 4.85. The number of carbonyl (C=O) groups excluding carboxylic acids is 1. The summed E-state index contributed by atoms with van der Waals surface area (Å²) in [6.07, 6.45) is 0.862. The highest BCUT2D eigenvalue weighted by molar-refractivity contribution is 5.78. The van der Waals surface area contributed by atoms with Crippen LogP contribution >= 0.6 is 0 Å². The molecule has 0 spiro atoms. The Morgan fingerprint density at radius 2 is 1.69 bits per heavy atom. The van der Waals surface area contributed by atoms with Crippen LogP contribution in [0, 0.1) is 11.3 Å². The van der Waals surface area contributed by atoms with Crippen LogP contribution in [0.4, 0.5) is 0 Å². The van der Waals surface area contributed by atoms with Gasteiger partial charge in [0, 0.05) is 11.5 Å². The molecule has 0 aliphatic rings. The van der Waals surface area contributed by atoms with Crippen LogP contribution in [0.5, 0.6) is 0 Å². The van der Waals surface area contributed by atoms with Crippen molar-refractivity contribution in [2.24, 2.45) is 17.1 Å².